The summed E-state index contributed by atoms with van der Waals surface area (Å²) in [5, 5.41) is 0. The third kappa shape index (κ3) is 6.65. The average molecular weight is 531 g/mol. The first-order chi connectivity index (χ1) is 12.9. The second-order valence-electron chi connectivity index (χ2n) is 6.17. The van der Waals surface area contributed by atoms with Crippen LogP contribution in [-0.2, 0) is 11.3 Å². The molecule has 0 saturated carbocycles. The van der Waals surface area contributed by atoms with Gasteiger partial charge in [-0.1, -0.05) is 29.8 Å². The van der Waals surface area contributed by atoms with Gasteiger partial charge in [0.15, 0.2) is 0 Å². The minimum atomic E-state index is 0.829. The predicted molar refractivity (Wildman–Crippen MR) is 118 cm³/mol. The quantitative estimate of drug-likeness (QED) is 0.275. The molecule has 0 aliphatic rings. The van der Waals surface area contributed by atoms with Gasteiger partial charge in [-0.15, -0.1) is 0 Å². The first-order valence-electron chi connectivity index (χ1n) is 8.32. The number of hydrogen-bond acceptors (Lipinski definition) is 3. The summed E-state index contributed by atoms with van der Waals surface area (Å²) in [6, 6.07) is 16.2. The fourth-order valence-electron chi connectivity index (χ4n) is 2.86. The van der Waals surface area contributed by atoms with Crippen molar-refractivity contribution >= 4 is 40.1 Å². The first-order valence-corrected chi connectivity index (χ1v) is 13.8. The summed E-state index contributed by atoms with van der Waals surface area (Å²) in [6.07, 6.45) is 1.82. The summed E-state index contributed by atoms with van der Waals surface area (Å²) in [7, 11) is 0. The van der Waals surface area contributed by atoms with Crippen molar-refractivity contribution in [1.29, 1.82) is 0 Å². The predicted octanol–water partition coefficient (Wildman–Crippen LogP) is 6.82. The summed E-state index contributed by atoms with van der Waals surface area (Å²) in [4.78, 5) is 13.9. The maximum atomic E-state index is 4.66. The van der Waals surface area contributed by atoms with Crippen LogP contribution >= 0.6 is 28.2 Å². The Kier molecular flexibility index (Phi) is 8.84. The van der Waals surface area contributed by atoms with E-state index in [1.165, 1.54) is 16.7 Å². The molecule has 2 aromatic heterocycles. The van der Waals surface area contributed by atoms with Gasteiger partial charge in [0.05, 0.1) is 29.0 Å². The van der Waals surface area contributed by atoms with Crippen molar-refractivity contribution in [1.82, 2.24) is 9.97 Å². The zero-order valence-corrected chi connectivity index (χ0v) is 19.9. The van der Waals surface area contributed by atoms with Crippen LogP contribution < -0.4 is 0 Å². The molecule has 0 N–H and O–H groups in total. The summed E-state index contributed by atoms with van der Waals surface area (Å²) in [5.74, 6) is 0. The number of aromatic nitrogens is 2. The molecule has 0 unspecified atom stereocenters. The Balaban J connectivity index is 0.000000817. The average Bonchev–Trinajstić information content (AvgIpc) is 2.62. The van der Waals surface area contributed by atoms with E-state index in [9.17, 15) is 0 Å². The number of pyridine rings is 2. The summed E-state index contributed by atoms with van der Waals surface area (Å²) >= 11 is 7.00. The molecule has 0 fully saturated rings. The van der Waals surface area contributed by atoms with Gasteiger partial charge in [-0.2, -0.15) is 0 Å². The Labute approximate surface area is 181 Å². The van der Waals surface area contributed by atoms with E-state index in [0.717, 1.165) is 39.8 Å². The van der Waals surface area contributed by atoms with Gasteiger partial charge in [-0.3, -0.25) is 9.98 Å². The molecule has 0 bridgehead atoms. The van der Waals surface area contributed by atoms with Crippen LogP contribution in [0, 0.1) is 27.7 Å². The van der Waals surface area contributed by atoms with Gasteiger partial charge in [0.1, 0.15) is 0 Å². The van der Waals surface area contributed by atoms with Crippen molar-refractivity contribution < 1.29 is 11.3 Å². The van der Waals surface area contributed by atoms with Gasteiger partial charge in [-0.25, -0.2) is 4.98 Å². The zero-order valence-electron chi connectivity index (χ0n) is 15.6. The van der Waals surface area contributed by atoms with E-state index in [4.69, 9.17) is 0 Å². The van der Waals surface area contributed by atoms with Crippen LogP contribution in [0.2, 0.25) is 0 Å². The van der Waals surface area contributed by atoms with E-state index in [1.807, 2.05) is 49.5 Å². The van der Waals surface area contributed by atoms with Crippen LogP contribution in [0.3, 0.4) is 0 Å². The molecule has 3 nitrogen and oxygen atoms in total. The molecule has 0 amide bonds. The van der Waals surface area contributed by atoms with Crippen LogP contribution in [-0.4, -0.2) is 16.2 Å². The number of rotatable bonds is 3. The molecule has 0 spiro atoms. The second-order valence-corrected chi connectivity index (χ2v) is 11.7. The second kappa shape index (κ2) is 10.9. The van der Waals surface area contributed by atoms with Crippen molar-refractivity contribution in [2.45, 2.75) is 27.7 Å². The third-order valence-corrected chi connectivity index (χ3v) is 3.88. The molecular weight excluding hydrogens is 510 g/mol. The molecule has 0 atom stereocenters. The molecule has 0 saturated heterocycles. The van der Waals surface area contributed by atoms with Crippen molar-refractivity contribution in [3.8, 4) is 11.4 Å². The van der Waals surface area contributed by atoms with Gasteiger partial charge in [0, 0.05) is 5.69 Å². The molecule has 142 valence electrons. The number of benzene rings is 1. The zero-order chi connectivity index (χ0) is 19.8. The third-order valence-electron chi connectivity index (χ3n) is 3.88. The van der Waals surface area contributed by atoms with E-state index < -0.39 is 0 Å². The van der Waals surface area contributed by atoms with Gasteiger partial charge in [0.2, 0.25) is 0 Å². The molecule has 1 aromatic carbocycles. The fourth-order valence-corrected chi connectivity index (χ4v) is 2.86. The van der Waals surface area contributed by atoms with Crippen molar-refractivity contribution in [2.75, 3.05) is 0 Å². The Morgan fingerprint density at radius 3 is 2.00 bits per heavy atom. The molecule has 2 heterocycles. The van der Waals surface area contributed by atoms with E-state index in [0.29, 0.717) is 0 Å². The van der Waals surface area contributed by atoms with Crippen LogP contribution in [0.4, 0.5) is 5.69 Å². The fraction of sp³-hybridized carbons (Fsp3) is 0.190. The summed E-state index contributed by atoms with van der Waals surface area (Å²) < 4.78 is 0. The molecule has 0 radical (unpaired) electrons. The normalized spacial score (nSPS) is 10.7. The monoisotopic (exact) mass is 529 g/mol. The van der Waals surface area contributed by atoms with Crippen molar-refractivity contribution in [2.24, 2.45) is 4.99 Å². The Morgan fingerprint density at radius 2 is 1.41 bits per heavy atom. The Hall–Kier alpha value is -1.33. The first kappa shape index (κ1) is 22.0. The number of nitrogens with zero attached hydrogens (tertiary/aromatic N) is 3. The summed E-state index contributed by atoms with van der Waals surface area (Å²) in [5.41, 5.74) is 8.19. The van der Waals surface area contributed by atoms with Gasteiger partial charge in [-0.05, 0) is 63.1 Å². The van der Waals surface area contributed by atoms with Gasteiger partial charge >= 0.3 is 39.6 Å². The Morgan fingerprint density at radius 1 is 0.852 bits per heavy atom. The van der Waals surface area contributed by atoms with E-state index in [2.05, 4.69) is 76.1 Å². The van der Waals surface area contributed by atoms with Crippen LogP contribution in [0.1, 0.15) is 28.1 Å². The number of hydrogen-bond donors (Lipinski definition) is 0. The number of halogens is 2. The van der Waals surface area contributed by atoms with Crippen molar-refractivity contribution in [3.05, 3.63) is 76.6 Å². The molecule has 0 aliphatic carbocycles. The van der Waals surface area contributed by atoms with E-state index in [-0.39, 0.29) is 0 Å². The molecule has 3 rings (SSSR count). The van der Waals surface area contributed by atoms with Crippen LogP contribution in [0.25, 0.3) is 11.4 Å². The van der Waals surface area contributed by atoms with E-state index in [1.54, 1.807) is 0 Å². The maximum absolute atomic E-state index is 4.66. The van der Waals surface area contributed by atoms with Crippen LogP contribution in [0.5, 0.6) is 0 Å². The SMILES string of the molecule is Cc1cc(C)c(N=Cc2cccc(-c3cccc(C)n3)n2)c(C)c1.[Br][Fe][Br]. The van der Waals surface area contributed by atoms with Gasteiger partial charge < -0.3 is 0 Å². The molecule has 27 heavy (non-hydrogen) atoms. The van der Waals surface area contributed by atoms with Crippen LogP contribution in [0.15, 0.2) is 53.5 Å². The molecular formula is C21H21Br2FeN3. The topological polar surface area (TPSA) is 38.1 Å². The molecule has 3 aromatic rings. The number of aliphatic imine (C=N–C) groups is 1. The van der Waals surface area contributed by atoms with Crippen molar-refractivity contribution in [3.63, 3.8) is 0 Å². The molecule has 6 heteroatoms. The standard InChI is InChI=1S/C21H21N3.2BrH.Fe/c1-14-11-15(2)21(16(3)12-14)22-13-18-8-6-10-20(24-18)19-9-5-7-17(4)23-19;;;/h5-13H,1-4H3;2*1H;/q;;;+2/p-2. The van der Waals surface area contributed by atoms with Gasteiger partial charge in [0.25, 0.3) is 0 Å². The Bertz CT molecular complexity index is 919. The van der Waals surface area contributed by atoms with E-state index >= 15 is 0 Å². The number of aryl methyl sites for hydroxylation is 4. The molecule has 0 aliphatic heterocycles. The minimum absolute atomic E-state index is 0.829. The summed E-state index contributed by atoms with van der Waals surface area (Å²) in [6.45, 7) is 8.27.